The Hall–Kier alpha value is -2.81. The lowest BCUT2D eigenvalue weighted by Crippen LogP contribution is -2.19. The highest BCUT2D eigenvalue weighted by molar-refractivity contribution is 7.99. The number of carbonyl (C=O) groups is 1. The number of aromatic nitrogens is 4. The number of rotatable bonds is 8. The molecule has 0 spiro atoms. The van der Waals surface area contributed by atoms with Gasteiger partial charge in [-0.1, -0.05) is 48.2 Å². The van der Waals surface area contributed by atoms with Crippen molar-refractivity contribution in [2.24, 2.45) is 0 Å². The minimum Gasteiger partial charge on any atom is -0.339 e. The number of hydrogen-bond donors (Lipinski definition) is 0. The highest BCUT2D eigenvalue weighted by Crippen LogP contribution is 2.27. The van der Waals surface area contributed by atoms with E-state index >= 15 is 0 Å². The van der Waals surface area contributed by atoms with Crippen LogP contribution in [0, 0.1) is 13.8 Å². The first kappa shape index (κ1) is 21.9. The summed E-state index contributed by atoms with van der Waals surface area (Å²) in [5, 5.41) is 8.98. The minimum absolute atomic E-state index is 0.0420. The summed E-state index contributed by atoms with van der Waals surface area (Å²) in [6.07, 6.45) is -2.63. The van der Waals surface area contributed by atoms with Gasteiger partial charge in [-0.25, -0.2) is 0 Å². The van der Waals surface area contributed by atoms with E-state index < -0.39 is 12.7 Å². The molecular formula is C21H21F3N4OS. The second-order valence-electron chi connectivity index (χ2n) is 6.77. The minimum atomic E-state index is -4.35. The standard InChI is InChI=1S/C21H21F3N4OS/c1-4-10-27-19(16-8-6-5-7-9-16)25-26-20(27)30-12-18(29)17-11-14(2)28(15(17)3)13-21(22,23)24/h4-9,11H,1,10,12-13H2,2-3H3. The van der Waals surface area contributed by atoms with Crippen molar-refractivity contribution in [1.82, 2.24) is 19.3 Å². The van der Waals surface area contributed by atoms with Crippen molar-refractivity contribution in [2.75, 3.05) is 5.75 Å². The average Bonchev–Trinajstić information content (AvgIpc) is 3.22. The third-order valence-corrected chi connectivity index (χ3v) is 5.57. The lowest BCUT2D eigenvalue weighted by atomic mass is 10.2. The summed E-state index contributed by atoms with van der Waals surface area (Å²) in [6, 6.07) is 11.0. The molecular weight excluding hydrogens is 413 g/mol. The van der Waals surface area contributed by atoms with Crippen LogP contribution in [0.5, 0.6) is 0 Å². The zero-order valence-electron chi connectivity index (χ0n) is 16.6. The maximum Gasteiger partial charge on any atom is 0.406 e. The number of alkyl halides is 3. The molecule has 0 aliphatic carbocycles. The lowest BCUT2D eigenvalue weighted by molar-refractivity contribution is -0.141. The van der Waals surface area contributed by atoms with Crippen molar-refractivity contribution >= 4 is 17.5 Å². The molecule has 0 atom stereocenters. The number of halogens is 3. The summed E-state index contributed by atoms with van der Waals surface area (Å²) in [6.45, 7) is 6.21. The van der Waals surface area contributed by atoms with Crippen molar-refractivity contribution in [3.05, 3.63) is 66.0 Å². The number of aryl methyl sites for hydroxylation is 1. The van der Waals surface area contributed by atoms with Crippen LogP contribution in [-0.2, 0) is 13.1 Å². The van der Waals surface area contributed by atoms with Gasteiger partial charge in [0, 0.05) is 29.1 Å². The van der Waals surface area contributed by atoms with Gasteiger partial charge in [0.15, 0.2) is 16.8 Å². The fraction of sp³-hybridized carbons (Fsp3) is 0.286. The molecule has 3 aromatic rings. The van der Waals surface area contributed by atoms with Crippen LogP contribution in [0.25, 0.3) is 11.4 Å². The van der Waals surface area contributed by atoms with Gasteiger partial charge in [-0.05, 0) is 19.9 Å². The van der Waals surface area contributed by atoms with E-state index in [9.17, 15) is 18.0 Å². The zero-order valence-corrected chi connectivity index (χ0v) is 17.4. The molecule has 5 nitrogen and oxygen atoms in total. The van der Waals surface area contributed by atoms with E-state index in [0.717, 1.165) is 10.1 Å². The van der Waals surface area contributed by atoms with E-state index in [1.54, 1.807) is 13.0 Å². The Labute approximate surface area is 176 Å². The van der Waals surface area contributed by atoms with Gasteiger partial charge in [0.25, 0.3) is 0 Å². The number of thioether (sulfide) groups is 1. The topological polar surface area (TPSA) is 52.7 Å². The molecule has 0 amide bonds. The number of hydrogen-bond acceptors (Lipinski definition) is 4. The summed E-state index contributed by atoms with van der Waals surface area (Å²) in [5.74, 6) is 0.449. The molecule has 0 saturated carbocycles. The predicted octanol–water partition coefficient (Wildman–Crippen LogP) is 5.09. The molecule has 3 rings (SSSR count). The van der Waals surface area contributed by atoms with Gasteiger partial charge in [-0.2, -0.15) is 13.2 Å². The Bertz CT molecular complexity index is 1050. The Balaban J connectivity index is 1.79. The molecule has 30 heavy (non-hydrogen) atoms. The van der Waals surface area contributed by atoms with Crippen LogP contribution in [0.3, 0.4) is 0 Å². The molecule has 0 aliphatic heterocycles. The third-order valence-electron chi connectivity index (χ3n) is 4.60. The smallest absolute Gasteiger partial charge is 0.339 e. The van der Waals surface area contributed by atoms with E-state index in [-0.39, 0.29) is 11.5 Å². The van der Waals surface area contributed by atoms with Crippen LogP contribution in [-0.4, -0.2) is 37.0 Å². The number of Topliss-reactive ketones (excluding diaryl/α,β-unsaturated/α-hetero) is 1. The monoisotopic (exact) mass is 434 g/mol. The van der Waals surface area contributed by atoms with Gasteiger partial charge in [-0.15, -0.1) is 16.8 Å². The summed E-state index contributed by atoms with van der Waals surface area (Å²) in [4.78, 5) is 12.7. The fourth-order valence-electron chi connectivity index (χ4n) is 3.20. The Morgan fingerprint density at radius 2 is 1.87 bits per heavy atom. The quantitative estimate of drug-likeness (QED) is 0.282. The Morgan fingerprint density at radius 1 is 1.17 bits per heavy atom. The zero-order chi connectivity index (χ0) is 21.9. The van der Waals surface area contributed by atoms with E-state index in [2.05, 4.69) is 16.8 Å². The van der Waals surface area contributed by atoms with E-state index in [1.165, 1.54) is 24.8 Å². The average molecular weight is 434 g/mol. The molecule has 0 saturated heterocycles. The van der Waals surface area contributed by atoms with Gasteiger partial charge < -0.3 is 4.57 Å². The molecule has 1 aromatic carbocycles. The van der Waals surface area contributed by atoms with Gasteiger partial charge in [-0.3, -0.25) is 9.36 Å². The van der Waals surface area contributed by atoms with Crippen LogP contribution in [0.15, 0.2) is 54.2 Å². The number of allylic oxidation sites excluding steroid dienone is 1. The van der Waals surface area contributed by atoms with Gasteiger partial charge in [0.1, 0.15) is 6.54 Å². The molecule has 0 unspecified atom stereocenters. The van der Waals surface area contributed by atoms with Crippen LogP contribution in [0.4, 0.5) is 13.2 Å². The largest absolute Gasteiger partial charge is 0.406 e. The molecule has 0 N–H and O–H groups in total. The highest BCUT2D eigenvalue weighted by atomic mass is 32.2. The molecule has 0 radical (unpaired) electrons. The number of carbonyl (C=O) groups excluding carboxylic acids is 1. The van der Waals surface area contributed by atoms with E-state index in [0.29, 0.717) is 34.5 Å². The van der Waals surface area contributed by atoms with Gasteiger partial charge in [0.2, 0.25) is 0 Å². The summed E-state index contributed by atoms with van der Waals surface area (Å²) >= 11 is 1.20. The van der Waals surface area contributed by atoms with Crippen molar-refractivity contribution in [3.63, 3.8) is 0 Å². The van der Waals surface area contributed by atoms with Crippen LogP contribution < -0.4 is 0 Å². The van der Waals surface area contributed by atoms with Crippen LogP contribution in [0.1, 0.15) is 21.7 Å². The normalized spacial score (nSPS) is 11.6. The van der Waals surface area contributed by atoms with Crippen molar-refractivity contribution in [2.45, 2.75) is 38.3 Å². The second kappa shape index (κ2) is 8.91. The van der Waals surface area contributed by atoms with Crippen LogP contribution >= 0.6 is 11.8 Å². The SMILES string of the molecule is C=CCn1c(SCC(=O)c2cc(C)n(CC(F)(F)F)c2C)nnc1-c1ccccc1. The molecule has 0 bridgehead atoms. The van der Waals surface area contributed by atoms with E-state index in [1.807, 2.05) is 34.9 Å². The molecule has 0 fully saturated rings. The number of nitrogens with zero attached hydrogens (tertiary/aromatic N) is 4. The molecule has 158 valence electrons. The first-order valence-electron chi connectivity index (χ1n) is 9.20. The predicted molar refractivity (Wildman–Crippen MR) is 111 cm³/mol. The highest BCUT2D eigenvalue weighted by Gasteiger charge is 2.30. The maximum atomic E-state index is 12.8. The van der Waals surface area contributed by atoms with Crippen LogP contribution in [0.2, 0.25) is 0 Å². The molecule has 0 aliphatic rings. The molecule has 9 heteroatoms. The third kappa shape index (κ3) is 4.84. The Morgan fingerprint density at radius 3 is 2.50 bits per heavy atom. The number of ketones is 1. The van der Waals surface area contributed by atoms with Crippen molar-refractivity contribution in [3.8, 4) is 11.4 Å². The van der Waals surface area contributed by atoms with Crippen molar-refractivity contribution < 1.29 is 18.0 Å². The summed E-state index contributed by atoms with van der Waals surface area (Å²) in [7, 11) is 0. The lowest BCUT2D eigenvalue weighted by Gasteiger charge is -2.12. The van der Waals surface area contributed by atoms with E-state index in [4.69, 9.17) is 0 Å². The van der Waals surface area contributed by atoms with Crippen molar-refractivity contribution in [1.29, 1.82) is 0 Å². The summed E-state index contributed by atoms with van der Waals surface area (Å²) in [5.41, 5.74) is 1.90. The second-order valence-corrected chi connectivity index (χ2v) is 7.71. The Kier molecular flexibility index (Phi) is 6.50. The van der Waals surface area contributed by atoms with Gasteiger partial charge in [0.05, 0.1) is 5.75 Å². The van der Waals surface area contributed by atoms with Gasteiger partial charge >= 0.3 is 6.18 Å². The number of benzene rings is 1. The first-order valence-corrected chi connectivity index (χ1v) is 10.2. The fourth-order valence-corrected chi connectivity index (χ4v) is 4.03. The maximum absolute atomic E-state index is 12.8. The summed E-state index contributed by atoms with van der Waals surface area (Å²) < 4.78 is 41.4. The molecule has 2 aromatic heterocycles. The first-order chi connectivity index (χ1) is 14.2. The molecule has 2 heterocycles.